The summed E-state index contributed by atoms with van der Waals surface area (Å²) in [5, 5.41) is 6.74. The Labute approximate surface area is 101 Å². The minimum atomic E-state index is 0.644. The van der Waals surface area contributed by atoms with Crippen molar-refractivity contribution in [3.63, 3.8) is 0 Å². The topological polar surface area (TPSA) is 49.6 Å². The number of aliphatic imine (C=N–C) groups is 1. The Hall–Kier alpha value is -1.45. The van der Waals surface area contributed by atoms with Crippen LogP contribution in [0, 0.1) is 11.8 Å². The second-order valence-electron chi connectivity index (χ2n) is 4.99. The molecule has 1 aromatic rings. The van der Waals surface area contributed by atoms with Crippen LogP contribution in [-0.4, -0.2) is 19.0 Å². The molecule has 4 nitrogen and oxygen atoms in total. The third-order valence-corrected chi connectivity index (χ3v) is 3.62. The van der Waals surface area contributed by atoms with E-state index in [1.165, 1.54) is 19.3 Å². The molecule has 0 radical (unpaired) electrons. The van der Waals surface area contributed by atoms with Gasteiger partial charge in [-0.15, -0.1) is 0 Å². The fraction of sp³-hybridized carbons (Fsp3) is 0.615. The second kappa shape index (κ2) is 4.43. The molecule has 2 atom stereocenters. The van der Waals surface area contributed by atoms with Crippen LogP contribution in [-0.2, 0) is 6.54 Å². The van der Waals surface area contributed by atoms with Crippen LogP contribution in [0.2, 0.25) is 0 Å². The van der Waals surface area contributed by atoms with Crippen molar-refractivity contribution in [1.29, 1.82) is 0 Å². The van der Waals surface area contributed by atoms with Gasteiger partial charge in [-0.3, -0.25) is 4.99 Å². The number of nitrogens with zero attached hydrogens (tertiary/aromatic N) is 1. The first-order chi connectivity index (χ1) is 8.36. The van der Waals surface area contributed by atoms with Crippen molar-refractivity contribution in [2.75, 3.05) is 7.05 Å². The summed E-state index contributed by atoms with van der Waals surface area (Å²) >= 11 is 0. The van der Waals surface area contributed by atoms with Crippen LogP contribution in [0.3, 0.4) is 0 Å². The lowest BCUT2D eigenvalue weighted by Gasteiger charge is -2.10. The van der Waals surface area contributed by atoms with Crippen LogP contribution < -0.4 is 10.6 Å². The van der Waals surface area contributed by atoms with E-state index in [0.29, 0.717) is 12.6 Å². The van der Waals surface area contributed by atoms with E-state index in [1.54, 1.807) is 6.26 Å². The zero-order valence-corrected chi connectivity index (χ0v) is 10.1. The van der Waals surface area contributed by atoms with Gasteiger partial charge in [-0.2, -0.15) is 0 Å². The van der Waals surface area contributed by atoms with Crippen LogP contribution in [0.4, 0.5) is 0 Å². The monoisotopic (exact) mass is 233 g/mol. The van der Waals surface area contributed by atoms with Crippen LogP contribution >= 0.6 is 0 Å². The van der Waals surface area contributed by atoms with Crippen molar-refractivity contribution in [2.24, 2.45) is 16.8 Å². The van der Waals surface area contributed by atoms with E-state index in [4.69, 9.17) is 4.42 Å². The number of hydrogen-bond acceptors (Lipinski definition) is 2. The smallest absolute Gasteiger partial charge is 0.191 e. The molecule has 2 saturated carbocycles. The molecular weight excluding hydrogens is 214 g/mol. The van der Waals surface area contributed by atoms with Crippen molar-refractivity contribution in [2.45, 2.75) is 31.8 Å². The minimum absolute atomic E-state index is 0.644. The van der Waals surface area contributed by atoms with E-state index in [-0.39, 0.29) is 0 Å². The van der Waals surface area contributed by atoms with Crippen molar-refractivity contribution in [3.05, 3.63) is 24.2 Å². The van der Waals surface area contributed by atoms with Gasteiger partial charge in [0.25, 0.3) is 0 Å². The van der Waals surface area contributed by atoms with E-state index in [2.05, 4.69) is 15.6 Å². The predicted molar refractivity (Wildman–Crippen MR) is 66.7 cm³/mol. The molecule has 1 aromatic heterocycles. The Kier molecular flexibility index (Phi) is 2.79. The molecule has 0 bridgehead atoms. The summed E-state index contributed by atoms with van der Waals surface area (Å²) in [6, 6.07) is 4.51. The molecule has 4 heteroatoms. The Morgan fingerprint density at radius 3 is 3.06 bits per heavy atom. The molecule has 2 N–H and O–H groups in total. The van der Waals surface area contributed by atoms with Gasteiger partial charge in [0.05, 0.1) is 12.8 Å². The highest BCUT2D eigenvalue weighted by Crippen LogP contribution is 2.49. The van der Waals surface area contributed by atoms with Gasteiger partial charge in [0.1, 0.15) is 5.76 Å². The lowest BCUT2D eigenvalue weighted by molar-refractivity contribution is 0.501. The average Bonchev–Trinajstić information content (AvgIpc) is 3.24. The van der Waals surface area contributed by atoms with Gasteiger partial charge in [0.15, 0.2) is 5.96 Å². The maximum atomic E-state index is 5.27. The number of rotatable bonds is 4. The Morgan fingerprint density at radius 2 is 2.41 bits per heavy atom. The molecule has 2 aliphatic carbocycles. The van der Waals surface area contributed by atoms with E-state index in [1.807, 2.05) is 19.2 Å². The highest BCUT2D eigenvalue weighted by molar-refractivity contribution is 5.80. The van der Waals surface area contributed by atoms with Gasteiger partial charge in [-0.25, -0.2) is 0 Å². The number of nitrogens with one attached hydrogen (secondary N) is 2. The third-order valence-electron chi connectivity index (χ3n) is 3.62. The maximum absolute atomic E-state index is 5.27. The van der Waals surface area contributed by atoms with Crippen LogP contribution in [0.15, 0.2) is 27.8 Å². The summed E-state index contributed by atoms with van der Waals surface area (Å²) in [6.45, 7) is 0.688. The van der Waals surface area contributed by atoms with Gasteiger partial charge in [-0.1, -0.05) is 0 Å². The minimum Gasteiger partial charge on any atom is -0.467 e. The normalized spacial score (nSPS) is 27.9. The van der Waals surface area contributed by atoms with Crippen molar-refractivity contribution < 1.29 is 4.42 Å². The van der Waals surface area contributed by atoms with Crippen LogP contribution in [0.5, 0.6) is 0 Å². The second-order valence-corrected chi connectivity index (χ2v) is 4.99. The predicted octanol–water partition coefficient (Wildman–Crippen LogP) is 1.74. The molecule has 0 aliphatic heterocycles. The molecule has 0 aromatic carbocycles. The van der Waals surface area contributed by atoms with E-state index >= 15 is 0 Å². The van der Waals surface area contributed by atoms with E-state index in [0.717, 1.165) is 23.6 Å². The molecule has 3 rings (SSSR count). The lowest BCUT2D eigenvalue weighted by Crippen LogP contribution is -2.38. The van der Waals surface area contributed by atoms with Gasteiger partial charge >= 0.3 is 0 Å². The summed E-state index contributed by atoms with van der Waals surface area (Å²) in [5.41, 5.74) is 0. The van der Waals surface area contributed by atoms with Gasteiger partial charge in [0, 0.05) is 13.1 Å². The highest BCUT2D eigenvalue weighted by Gasteiger charge is 2.47. The molecule has 0 saturated heterocycles. The van der Waals surface area contributed by atoms with E-state index < -0.39 is 0 Å². The highest BCUT2D eigenvalue weighted by atomic mass is 16.3. The summed E-state index contributed by atoms with van der Waals surface area (Å²) in [5.74, 6) is 3.71. The first-order valence-corrected chi connectivity index (χ1v) is 6.36. The van der Waals surface area contributed by atoms with Crippen molar-refractivity contribution >= 4 is 5.96 Å². The number of furan rings is 1. The summed E-state index contributed by atoms with van der Waals surface area (Å²) in [6.07, 6.45) is 5.87. The van der Waals surface area contributed by atoms with Crippen LogP contribution in [0.25, 0.3) is 0 Å². The fourth-order valence-corrected chi connectivity index (χ4v) is 2.38. The quantitative estimate of drug-likeness (QED) is 0.615. The summed E-state index contributed by atoms with van der Waals surface area (Å²) < 4.78 is 5.27. The fourth-order valence-electron chi connectivity index (χ4n) is 2.38. The third kappa shape index (κ3) is 2.62. The van der Waals surface area contributed by atoms with E-state index in [9.17, 15) is 0 Å². The molecule has 17 heavy (non-hydrogen) atoms. The van der Waals surface area contributed by atoms with Gasteiger partial charge in [0.2, 0.25) is 0 Å². The zero-order chi connectivity index (χ0) is 11.7. The Balaban J connectivity index is 1.44. The molecule has 1 heterocycles. The molecular formula is C13H19N3O. The summed E-state index contributed by atoms with van der Waals surface area (Å²) in [7, 11) is 1.81. The molecule has 2 aliphatic rings. The average molecular weight is 233 g/mol. The SMILES string of the molecule is CN=C(NCc1ccco1)N[C@@H]1C[C@H]1C1CC1. The lowest BCUT2D eigenvalue weighted by atomic mass is 10.3. The van der Waals surface area contributed by atoms with Gasteiger partial charge in [-0.05, 0) is 43.2 Å². The number of hydrogen-bond donors (Lipinski definition) is 2. The molecule has 0 unspecified atom stereocenters. The standard InChI is InChI=1S/C13H19N3O/c1-14-13(15-8-10-3-2-6-17-10)16-12-7-11(12)9-4-5-9/h2-3,6,9,11-12H,4-5,7-8H2,1H3,(H2,14,15,16)/t11-,12+/m0/s1. The number of guanidine groups is 1. The first-order valence-electron chi connectivity index (χ1n) is 6.36. The Morgan fingerprint density at radius 1 is 1.53 bits per heavy atom. The molecule has 92 valence electrons. The Bertz CT molecular complexity index is 395. The molecule has 0 spiro atoms. The maximum Gasteiger partial charge on any atom is 0.191 e. The zero-order valence-electron chi connectivity index (χ0n) is 10.1. The summed E-state index contributed by atoms with van der Waals surface area (Å²) in [4.78, 5) is 4.23. The molecule has 2 fully saturated rings. The first kappa shape index (κ1) is 10.7. The van der Waals surface area contributed by atoms with Crippen molar-refractivity contribution in [1.82, 2.24) is 10.6 Å². The van der Waals surface area contributed by atoms with Gasteiger partial charge < -0.3 is 15.1 Å². The molecule has 0 amide bonds. The largest absolute Gasteiger partial charge is 0.467 e. The van der Waals surface area contributed by atoms with Crippen LogP contribution in [0.1, 0.15) is 25.0 Å². The van der Waals surface area contributed by atoms with Crippen molar-refractivity contribution in [3.8, 4) is 0 Å².